The average Bonchev–Trinajstić information content (AvgIpc) is 2.84. The van der Waals surface area contributed by atoms with Crippen LogP contribution in [0.1, 0.15) is 20.3 Å². The Morgan fingerprint density at radius 1 is 1.21 bits per heavy atom. The van der Waals surface area contributed by atoms with Crippen LogP contribution in [-0.2, 0) is 0 Å². The van der Waals surface area contributed by atoms with Gasteiger partial charge in [0.25, 0.3) is 0 Å². The standard InChI is InChI=1S/C15H32N4/c1-15(2,14-4-8-18(3)12-14)13-17-7-11-19-9-5-16-6-10-19/h14,16-17H,4-13H2,1-3H3. The van der Waals surface area contributed by atoms with E-state index in [0.717, 1.165) is 32.1 Å². The molecule has 2 N–H and O–H groups in total. The second-order valence-corrected chi connectivity index (χ2v) is 7.00. The lowest BCUT2D eigenvalue weighted by Crippen LogP contribution is -2.46. The highest BCUT2D eigenvalue weighted by molar-refractivity contribution is 4.87. The zero-order valence-electron chi connectivity index (χ0n) is 13.0. The minimum Gasteiger partial charge on any atom is -0.315 e. The molecule has 0 spiro atoms. The molecule has 0 saturated carbocycles. The van der Waals surface area contributed by atoms with Crippen molar-refractivity contribution in [2.75, 3.05) is 66.0 Å². The van der Waals surface area contributed by atoms with E-state index < -0.39 is 0 Å². The third-order valence-corrected chi connectivity index (χ3v) is 4.89. The summed E-state index contributed by atoms with van der Waals surface area (Å²) in [5, 5.41) is 7.09. The number of nitrogens with one attached hydrogen (secondary N) is 2. The van der Waals surface area contributed by atoms with Crippen molar-refractivity contribution in [1.29, 1.82) is 0 Å². The molecular weight excluding hydrogens is 236 g/mol. The lowest BCUT2D eigenvalue weighted by molar-refractivity contribution is 0.196. The maximum absolute atomic E-state index is 3.68. The summed E-state index contributed by atoms with van der Waals surface area (Å²) in [5.41, 5.74) is 0.425. The zero-order valence-corrected chi connectivity index (χ0v) is 13.0. The fraction of sp³-hybridized carbons (Fsp3) is 1.00. The minimum absolute atomic E-state index is 0.425. The quantitative estimate of drug-likeness (QED) is 0.685. The maximum Gasteiger partial charge on any atom is 0.0108 e. The molecule has 1 atom stereocenters. The smallest absolute Gasteiger partial charge is 0.0108 e. The van der Waals surface area contributed by atoms with Crippen LogP contribution in [0.15, 0.2) is 0 Å². The van der Waals surface area contributed by atoms with Gasteiger partial charge in [0, 0.05) is 52.4 Å². The van der Waals surface area contributed by atoms with Crippen LogP contribution in [-0.4, -0.2) is 75.8 Å². The first-order chi connectivity index (χ1) is 9.08. The van der Waals surface area contributed by atoms with Gasteiger partial charge in [0.15, 0.2) is 0 Å². The molecule has 0 radical (unpaired) electrons. The molecule has 2 fully saturated rings. The molecule has 0 aromatic carbocycles. The highest BCUT2D eigenvalue weighted by atomic mass is 15.2. The Morgan fingerprint density at radius 2 is 1.95 bits per heavy atom. The van der Waals surface area contributed by atoms with E-state index in [9.17, 15) is 0 Å². The molecular formula is C15H32N4. The van der Waals surface area contributed by atoms with Crippen molar-refractivity contribution in [3.8, 4) is 0 Å². The molecule has 2 heterocycles. The number of nitrogens with zero attached hydrogens (tertiary/aromatic N) is 2. The van der Waals surface area contributed by atoms with Crippen LogP contribution in [0.5, 0.6) is 0 Å². The minimum atomic E-state index is 0.425. The largest absolute Gasteiger partial charge is 0.315 e. The van der Waals surface area contributed by atoms with Gasteiger partial charge in [-0.2, -0.15) is 0 Å². The zero-order chi connectivity index (χ0) is 13.7. The summed E-state index contributed by atoms with van der Waals surface area (Å²) < 4.78 is 0. The Kier molecular flexibility index (Phi) is 5.63. The van der Waals surface area contributed by atoms with E-state index in [1.54, 1.807) is 0 Å². The van der Waals surface area contributed by atoms with Gasteiger partial charge in [-0.05, 0) is 31.3 Å². The molecule has 2 aliphatic heterocycles. The first kappa shape index (κ1) is 15.2. The van der Waals surface area contributed by atoms with Crippen molar-refractivity contribution in [1.82, 2.24) is 20.4 Å². The first-order valence-electron chi connectivity index (χ1n) is 7.90. The lowest BCUT2D eigenvalue weighted by atomic mass is 9.78. The number of likely N-dealkylation sites (tertiary alicyclic amines) is 1. The van der Waals surface area contributed by atoms with Crippen molar-refractivity contribution in [2.24, 2.45) is 11.3 Å². The number of hydrogen-bond donors (Lipinski definition) is 2. The van der Waals surface area contributed by atoms with Crippen LogP contribution in [0.3, 0.4) is 0 Å². The summed E-state index contributed by atoms with van der Waals surface area (Å²) in [6.07, 6.45) is 1.36. The Labute approximate surface area is 118 Å². The Balaban J connectivity index is 1.61. The molecule has 1 unspecified atom stereocenters. The normalized spacial score (nSPS) is 27.0. The van der Waals surface area contributed by atoms with E-state index in [2.05, 4.69) is 41.3 Å². The van der Waals surface area contributed by atoms with Gasteiger partial charge in [-0.3, -0.25) is 4.90 Å². The summed E-state index contributed by atoms with van der Waals surface area (Å²) in [7, 11) is 2.24. The van der Waals surface area contributed by atoms with Gasteiger partial charge >= 0.3 is 0 Å². The van der Waals surface area contributed by atoms with Gasteiger partial charge < -0.3 is 15.5 Å². The predicted octanol–water partition coefficient (Wildman–Crippen LogP) is 0.459. The van der Waals surface area contributed by atoms with E-state index in [-0.39, 0.29) is 0 Å². The van der Waals surface area contributed by atoms with Gasteiger partial charge in [0.05, 0.1) is 0 Å². The van der Waals surface area contributed by atoms with E-state index in [1.165, 1.54) is 39.1 Å². The molecule has 4 nitrogen and oxygen atoms in total. The monoisotopic (exact) mass is 268 g/mol. The Hall–Kier alpha value is -0.160. The van der Waals surface area contributed by atoms with Crippen LogP contribution in [0, 0.1) is 11.3 Å². The highest BCUT2D eigenvalue weighted by Gasteiger charge is 2.33. The number of rotatable bonds is 6. The molecule has 0 amide bonds. The third kappa shape index (κ3) is 4.71. The lowest BCUT2D eigenvalue weighted by Gasteiger charge is -2.33. The summed E-state index contributed by atoms with van der Waals surface area (Å²) in [5.74, 6) is 0.851. The molecule has 0 bridgehead atoms. The molecule has 19 heavy (non-hydrogen) atoms. The topological polar surface area (TPSA) is 30.5 Å². The summed E-state index contributed by atoms with van der Waals surface area (Å²) in [4.78, 5) is 5.02. The molecule has 2 aliphatic rings. The second-order valence-electron chi connectivity index (χ2n) is 7.00. The van der Waals surface area contributed by atoms with Gasteiger partial charge in [0.2, 0.25) is 0 Å². The molecule has 2 saturated heterocycles. The Bertz CT molecular complexity index is 261. The SMILES string of the molecule is CN1CCC(C(C)(C)CNCCN2CCNCC2)C1. The fourth-order valence-corrected chi connectivity index (χ4v) is 3.30. The van der Waals surface area contributed by atoms with E-state index in [1.807, 2.05) is 0 Å². The van der Waals surface area contributed by atoms with Crippen LogP contribution >= 0.6 is 0 Å². The number of piperazine rings is 1. The van der Waals surface area contributed by atoms with Crippen molar-refractivity contribution in [3.63, 3.8) is 0 Å². The summed E-state index contributed by atoms with van der Waals surface area (Å²) in [6.45, 7) is 15.6. The summed E-state index contributed by atoms with van der Waals surface area (Å²) in [6, 6.07) is 0. The van der Waals surface area contributed by atoms with Crippen molar-refractivity contribution in [2.45, 2.75) is 20.3 Å². The van der Waals surface area contributed by atoms with Crippen molar-refractivity contribution >= 4 is 0 Å². The van der Waals surface area contributed by atoms with Crippen LogP contribution in [0.25, 0.3) is 0 Å². The average molecular weight is 268 g/mol. The molecule has 0 aromatic rings. The first-order valence-corrected chi connectivity index (χ1v) is 7.90. The van der Waals surface area contributed by atoms with Gasteiger partial charge in [0.1, 0.15) is 0 Å². The molecule has 2 rings (SSSR count). The molecule has 112 valence electrons. The fourth-order valence-electron chi connectivity index (χ4n) is 3.30. The van der Waals surface area contributed by atoms with Gasteiger partial charge in [-0.25, -0.2) is 0 Å². The van der Waals surface area contributed by atoms with Crippen LogP contribution in [0.2, 0.25) is 0 Å². The number of hydrogen-bond acceptors (Lipinski definition) is 4. The van der Waals surface area contributed by atoms with Gasteiger partial charge in [-0.1, -0.05) is 13.8 Å². The van der Waals surface area contributed by atoms with Crippen molar-refractivity contribution < 1.29 is 0 Å². The third-order valence-electron chi connectivity index (χ3n) is 4.89. The highest BCUT2D eigenvalue weighted by Crippen LogP contribution is 2.32. The summed E-state index contributed by atoms with van der Waals surface area (Å²) >= 11 is 0. The van der Waals surface area contributed by atoms with Gasteiger partial charge in [-0.15, -0.1) is 0 Å². The van der Waals surface area contributed by atoms with E-state index in [4.69, 9.17) is 0 Å². The maximum atomic E-state index is 3.68. The van der Waals surface area contributed by atoms with E-state index in [0.29, 0.717) is 5.41 Å². The second kappa shape index (κ2) is 7.02. The Morgan fingerprint density at radius 3 is 2.58 bits per heavy atom. The molecule has 4 heteroatoms. The van der Waals surface area contributed by atoms with Crippen LogP contribution in [0.4, 0.5) is 0 Å². The van der Waals surface area contributed by atoms with Crippen LogP contribution < -0.4 is 10.6 Å². The predicted molar refractivity (Wildman–Crippen MR) is 81.6 cm³/mol. The molecule has 0 aliphatic carbocycles. The van der Waals surface area contributed by atoms with Crippen molar-refractivity contribution in [3.05, 3.63) is 0 Å². The van der Waals surface area contributed by atoms with E-state index >= 15 is 0 Å². The molecule has 0 aromatic heterocycles.